The number of nitrogens with zero attached hydrogens (tertiary/aromatic N) is 2. The van der Waals surface area contributed by atoms with E-state index in [4.69, 9.17) is 5.11 Å². The van der Waals surface area contributed by atoms with Crippen molar-refractivity contribution in [2.24, 2.45) is 0 Å². The highest BCUT2D eigenvalue weighted by atomic mass is 35.5. The van der Waals surface area contributed by atoms with Crippen LogP contribution in [0.1, 0.15) is 11.1 Å². The van der Waals surface area contributed by atoms with E-state index >= 15 is 0 Å². The van der Waals surface area contributed by atoms with Crippen molar-refractivity contribution in [2.75, 3.05) is 19.0 Å². The Kier molecular flexibility index (Phi) is 6.60. The Morgan fingerprint density at radius 2 is 1.55 bits per heavy atom. The molecule has 0 aliphatic carbocycles. The molecular formula is C17H19ClN2O2. The molecule has 1 N–H and O–H groups in total. The first-order valence-corrected chi connectivity index (χ1v) is 6.71. The minimum absolute atomic E-state index is 0. The Labute approximate surface area is 136 Å². The minimum Gasteiger partial charge on any atom is -1.00 e. The van der Waals surface area contributed by atoms with Gasteiger partial charge in [-0.1, -0.05) is 24.3 Å². The third kappa shape index (κ3) is 5.22. The second kappa shape index (κ2) is 8.20. The molecule has 0 unspecified atom stereocenters. The number of carboxylic acids is 1. The van der Waals surface area contributed by atoms with Gasteiger partial charge in [0.1, 0.15) is 0 Å². The molecule has 2 rings (SSSR count). The van der Waals surface area contributed by atoms with Gasteiger partial charge in [-0.15, -0.1) is 0 Å². The van der Waals surface area contributed by atoms with Crippen molar-refractivity contribution >= 4 is 23.8 Å². The summed E-state index contributed by atoms with van der Waals surface area (Å²) in [4.78, 5) is 12.7. The molecule has 116 valence electrons. The number of hydrogen-bond donors (Lipinski definition) is 1. The van der Waals surface area contributed by atoms with Crippen LogP contribution in [0.2, 0.25) is 0 Å². The van der Waals surface area contributed by atoms with Crippen LogP contribution in [-0.4, -0.2) is 25.2 Å². The first kappa shape index (κ1) is 17.7. The molecule has 0 amide bonds. The number of aliphatic carboxylic acids is 1. The fraction of sp³-hybridized carbons (Fsp3) is 0.176. The third-order valence-electron chi connectivity index (χ3n) is 3.11. The molecule has 0 radical (unpaired) electrons. The Morgan fingerprint density at radius 3 is 2.00 bits per heavy atom. The molecule has 1 aromatic heterocycles. The Balaban J connectivity index is 0.00000242. The van der Waals surface area contributed by atoms with Gasteiger partial charge in [0.05, 0.1) is 0 Å². The lowest BCUT2D eigenvalue weighted by Gasteiger charge is -2.11. The molecule has 2 aromatic rings. The molecule has 0 atom stereocenters. The van der Waals surface area contributed by atoms with E-state index in [9.17, 15) is 4.79 Å². The third-order valence-corrected chi connectivity index (χ3v) is 3.11. The predicted molar refractivity (Wildman–Crippen MR) is 84.0 cm³/mol. The number of rotatable bonds is 5. The second-order valence-electron chi connectivity index (χ2n) is 5.02. The van der Waals surface area contributed by atoms with E-state index in [2.05, 4.69) is 29.2 Å². The molecule has 0 aliphatic heterocycles. The largest absolute Gasteiger partial charge is 1.00 e. The molecule has 22 heavy (non-hydrogen) atoms. The van der Waals surface area contributed by atoms with E-state index in [1.807, 2.05) is 38.4 Å². The van der Waals surface area contributed by atoms with Gasteiger partial charge in [0.25, 0.3) is 0 Å². The van der Waals surface area contributed by atoms with Gasteiger partial charge in [-0.05, 0) is 23.3 Å². The van der Waals surface area contributed by atoms with Crippen LogP contribution < -0.4 is 21.9 Å². The first-order valence-electron chi connectivity index (χ1n) is 6.71. The van der Waals surface area contributed by atoms with Crippen molar-refractivity contribution < 1.29 is 26.9 Å². The van der Waals surface area contributed by atoms with Gasteiger partial charge < -0.3 is 22.4 Å². The lowest BCUT2D eigenvalue weighted by molar-refractivity contribution is -0.685. The van der Waals surface area contributed by atoms with Crippen molar-refractivity contribution in [3.05, 3.63) is 59.9 Å². The number of benzene rings is 1. The highest BCUT2D eigenvalue weighted by Gasteiger charge is 2.05. The van der Waals surface area contributed by atoms with E-state index in [-0.39, 0.29) is 19.0 Å². The zero-order valence-electron chi connectivity index (χ0n) is 12.6. The van der Waals surface area contributed by atoms with Crippen molar-refractivity contribution in [1.29, 1.82) is 0 Å². The van der Waals surface area contributed by atoms with Crippen LogP contribution in [0.4, 0.5) is 5.69 Å². The summed E-state index contributed by atoms with van der Waals surface area (Å²) in [6.07, 6.45) is 7.58. The monoisotopic (exact) mass is 318 g/mol. The van der Waals surface area contributed by atoms with Crippen LogP contribution in [0.3, 0.4) is 0 Å². The number of carbonyl (C=O) groups is 1. The van der Waals surface area contributed by atoms with Gasteiger partial charge in [-0.3, -0.25) is 0 Å². The fourth-order valence-electron chi connectivity index (χ4n) is 1.92. The fourth-order valence-corrected chi connectivity index (χ4v) is 1.92. The highest BCUT2D eigenvalue weighted by Crippen LogP contribution is 2.14. The normalized spacial score (nSPS) is 10.3. The minimum atomic E-state index is -0.843. The van der Waals surface area contributed by atoms with E-state index < -0.39 is 5.97 Å². The maximum absolute atomic E-state index is 10.6. The molecule has 0 saturated carbocycles. The zero-order valence-corrected chi connectivity index (χ0v) is 13.4. The summed E-state index contributed by atoms with van der Waals surface area (Å²) in [5.41, 5.74) is 3.33. The quantitative estimate of drug-likeness (QED) is 0.742. The smallest absolute Gasteiger partial charge is 0.370 e. The Hall–Kier alpha value is -2.33. The average Bonchev–Trinajstić information content (AvgIpc) is 2.46. The highest BCUT2D eigenvalue weighted by molar-refractivity contribution is 5.70. The van der Waals surface area contributed by atoms with Crippen LogP contribution in [0.25, 0.3) is 12.2 Å². The molecule has 0 fully saturated rings. The van der Waals surface area contributed by atoms with E-state index in [0.29, 0.717) is 0 Å². The van der Waals surface area contributed by atoms with Crippen LogP contribution in [0, 0.1) is 0 Å². The van der Waals surface area contributed by atoms with Crippen molar-refractivity contribution in [3.63, 3.8) is 0 Å². The molecule has 0 spiro atoms. The van der Waals surface area contributed by atoms with Crippen LogP contribution >= 0.6 is 0 Å². The molecule has 0 bridgehead atoms. The molecule has 0 saturated heterocycles. The molecular weight excluding hydrogens is 300 g/mol. The van der Waals surface area contributed by atoms with Crippen molar-refractivity contribution in [2.45, 2.75) is 6.54 Å². The molecule has 1 heterocycles. The van der Waals surface area contributed by atoms with Gasteiger partial charge in [0.2, 0.25) is 6.54 Å². The number of anilines is 1. The lowest BCUT2D eigenvalue weighted by Crippen LogP contribution is -3.00. The van der Waals surface area contributed by atoms with E-state index in [1.54, 1.807) is 17.0 Å². The SMILES string of the molecule is CN(C)c1ccc(/C=C\c2cc[n+](CC(=O)O)cc2)cc1.[Cl-]. The summed E-state index contributed by atoms with van der Waals surface area (Å²) in [5, 5.41) is 8.71. The first-order chi connectivity index (χ1) is 10.0. The topological polar surface area (TPSA) is 44.4 Å². The van der Waals surface area contributed by atoms with Gasteiger partial charge in [-0.2, -0.15) is 4.57 Å². The summed E-state index contributed by atoms with van der Waals surface area (Å²) in [7, 11) is 4.03. The lowest BCUT2D eigenvalue weighted by atomic mass is 10.1. The Bertz CT molecular complexity index is 635. The van der Waals surface area contributed by atoms with Crippen molar-refractivity contribution in [1.82, 2.24) is 0 Å². The van der Waals surface area contributed by atoms with Crippen LogP contribution in [0.5, 0.6) is 0 Å². The van der Waals surface area contributed by atoms with Gasteiger partial charge >= 0.3 is 5.97 Å². The van der Waals surface area contributed by atoms with E-state index in [0.717, 1.165) is 11.1 Å². The molecule has 5 heteroatoms. The van der Waals surface area contributed by atoms with Crippen LogP contribution in [-0.2, 0) is 11.3 Å². The van der Waals surface area contributed by atoms with E-state index in [1.165, 1.54) is 5.69 Å². The maximum Gasteiger partial charge on any atom is 0.370 e. The molecule has 1 aromatic carbocycles. The number of carboxylic acid groups (broad SMARTS) is 1. The van der Waals surface area contributed by atoms with Gasteiger partial charge in [0.15, 0.2) is 12.4 Å². The summed E-state index contributed by atoms with van der Waals surface area (Å²) >= 11 is 0. The summed E-state index contributed by atoms with van der Waals surface area (Å²) in [6.45, 7) is -0.0179. The standard InChI is InChI=1S/C17H18N2O2.ClH/c1-18(2)16-7-5-14(6-8-16)3-4-15-9-11-19(12-10-15)13-17(20)21;/h3-12H,13H2,1-2H3;1H. The van der Waals surface area contributed by atoms with Gasteiger partial charge in [-0.25, -0.2) is 4.79 Å². The average molecular weight is 319 g/mol. The zero-order chi connectivity index (χ0) is 15.2. The number of hydrogen-bond acceptors (Lipinski definition) is 2. The van der Waals surface area contributed by atoms with Crippen LogP contribution in [0.15, 0.2) is 48.8 Å². The molecule has 4 nitrogen and oxygen atoms in total. The van der Waals surface area contributed by atoms with Crippen molar-refractivity contribution in [3.8, 4) is 0 Å². The summed E-state index contributed by atoms with van der Waals surface area (Å²) in [6, 6.07) is 12.1. The summed E-state index contributed by atoms with van der Waals surface area (Å²) < 4.78 is 1.63. The number of halogens is 1. The predicted octanol–water partition coefficient (Wildman–Crippen LogP) is -0.701. The summed E-state index contributed by atoms with van der Waals surface area (Å²) in [5.74, 6) is -0.843. The maximum atomic E-state index is 10.6. The van der Waals surface area contributed by atoms with Gasteiger partial charge in [0, 0.05) is 31.9 Å². The molecule has 0 aliphatic rings. The number of aromatic nitrogens is 1. The Morgan fingerprint density at radius 1 is 1.05 bits per heavy atom. The number of pyridine rings is 1. The second-order valence-corrected chi connectivity index (χ2v) is 5.02.